The molecule has 2 heterocycles. The molecular weight excluding hydrogens is 346 g/mol. The summed E-state index contributed by atoms with van der Waals surface area (Å²) in [5, 5.41) is 2.99. The fraction of sp³-hybridized carbons (Fsp3) is 0.240. The van der Waals surface area contributed by atoms with Crippen molar-refractivity contribution in [2.45, 2.75) is 39.5 Å². The molecule has 3 nitrogen and oxygen atoms in total. The lowest BCUT2D eigenvalue weighted by atomic mass is 9.90. The Bertz CT molecular complexity index is 1120. The molecule has 5 rings (SSSR count). The van der Waals surface area contributed by atoms with Crippen LogP contribution >= 0.6 is 0 Å². The highest BCUT2D eigenvalue weighted by atomic mass is 16.3. The van der Waals surface area contributed by atoms with E-state index in [2.05, 4.69) is 36.5 Å². The van der Waals surface area contributed by atoms with Crippen molar-refractivity contribution in [2.24, 2.45) is 0 Å². The Hall–Kier alpha value is -3.07. The molecule has 0 spiro atoms. The van der Waals surface area contributed by atoms with E-state index in [-0.39, 0.29) is 5.91 Å². The largest absolute Gasteiger partial charge is 0.461 e. The lowest BCUT2D eigenvalue weighted by Gasteiger charge is -2.11. The number of nitrogens with one attached hydrogen (secondary N) is 1. The Labute approximate surface area is 165 Å². The van der Waals surface area contributed by atoms with Crippen molar-refractivity contribution in [1.29, 1.82) is 0 Å². The fourth-order valence-corrected chi connectivity index (χ4v) is 4.43. The molecule has 0 radical (unpaired) electrons. The Kier molecular flexibility index (Phi) is 3.97. The summed E-state index contributed by atoms with van der Waals surface area (Å²) in [5.74, 6) is 1.82. The second kappa shape index (κ2) is 6.52. The predicted octanol–water partition coefficient (Wildman–Crippen LogP) is 5.93. The van der Waals surface area contributed by atoms with E-state index < -0.39 is 0 Å². The van der Waals surface area contributed by atoms with Crippen LogP contribution in [0.3, 0.4) is 0 Å². The highest BCUT2D eigenvalue weighted by Gasteiger charge is 2.28. The molecule has 3 aromatic rings. The molecule has 28 heavy (non-hydrogen) atoms. The van der Waals surface area contributed by atoms with Crippen molar-refractivity contribution in [2.75, 3.05) is 5.32 Å². The molecule has 0 atom stereocenters. The Balaban J connectivity index is 1.72. The number of fused-ring (bicyclic) bond motifs is 2. The molecule has 1 N–H and O–H groups in total. The van der Waals surface area contributed by atoms with Crippen LogP contribution in [0.25, 0.3) is 22.8 Å². The quantitative estimate of drug-likeness (QED) is 0.569. The maximum absolute atomic E-state index is 12.7. The van der Waals surface area contributed by atoms with Crippen LogP contribution in [0.15, 0.2) is 46.9 Å². The molecule has 2 aromatic carbocycles. The first-order valence-electron chi connectivity index (χ1n) is 9.96. The number of benzene rings is 2. The fourth-order valence-electron chi connectivity index (χ4n) is 4.43. The minimum absolute atomic E-state index is 0.0615. The molecule has 1 aliphatic carbocycles. The Morgan fingerprint density at radius 2 is 1.75 bits per heavy atom. The van der Waals surface area contributed by atoms with E-state index in [1.165, 1.54) is 17.5 Å². The second-order valence-electron chi connectivity index (χ2n) is 7.83. The SMILES string of the molecule is Cc1ccc(-c2c(C=C3C(=O)Nc4cccc(C)c43)oc3c2CCCC3)cc1. The third-order valence-corrected chi connectivity index (χ3v) is 5.85. The smallest absolute Gasteiger partial charge is 0.256 e. The molecule has 2 aliphatic rings. The highest BCUT2D eigenvalue weighted by molar-refractivity contribution is 6.35. The Morgan fingerprint density at radius 1 is 0.964 bits per heavy atom. The number of anilines is 1. The van der Waals surface area contributed by atoms with Gasteiger partial charge < -0.3 is 9.73 Å². The van der Waals surface area contributed by atoms with E-state index in [1.54, 1.807) is 0 Å². The molecule has 1 amide bonds. The summed E-state index contributed by atoms with van der Waals surface area (Å²) in [5.41, 5.74) is 8.50. The van der Waals surface area contributed by atoms with E-state index in [0.29, 0.717) is 5.57 Å². The first-order valence-corrected chi connectivity index (χ1v) is 9.96. The monoisotopic (exact) mass is 369 g/mol. The van der Waals surface area contributed by atoms with Crippen LogP contribution in [-0.4, -0.2) is 5.91 Å². The lowest BCUT2D eigenvalue weighted by Crippen LogP contribution is -2.03. The molecular formula is C25H23NO2. The van der Waals surface area contributed by atoms with Crippen LogP contribution in [0, 0.1) is 13.8 Å². The topological polar surface area (TPSA) is 42.2 Å². The molecule has 0 bridgehead atoms. The maximum Gasteiger partial charge on any atom is 0.256 e. The first-order chi connectivity index (χ1) is 13.6. The van der Waals surface area contributed by atoms with Gasteiger partial charge in [0.15, 0.2) is 0 Å². The van der Waals surface area contributed by atoms with Gasteiger partial charge in [-0.1, -0.05) is 42.0 Å². The van der Waals surface area contributed by atoms with Crippen molar-refractivity contribution in [3.63, 3.8) is 0 Å². The zero-order valence-corrected chi connectivity index (χ0v) is 16.3. The van der Waals surface area contributed by atoms with Gasteiger partial charge in [0.2, 0.25) is 0 Å². The van der Waals surface area contributed by atoms with Gasteiger partial charge in [-0.15, -0.1) is 0 Å². The summed E-state index contributed by atoms with van der Waals surface area (Å²) >= 11 is 0. The minimum atomic E-state index is -0.0615. The van der Waals surface area contributed by atoms with Gasteiger partial charge in [-0.25, -0.2) is 0 Å². The normalized spacial score (nSPS) is 16.8. The van der Waals surface area contributed by atoms with Crippen molar-refractivity contribution >= 4 is 23.2 Å². The number of hydrogen-bond acceptors (Lipinski definition) is 2. The lowest BCUT2D eigenvalue weighted by molar-refractivity contribution is -0.110. The van der Waals surface area contributed by atoms with Gasteiger partial charge in [0.25, 0.3) is 5.91 Å². The van der Waals surface area contributed by atoms with Crippen LogP contribution in [0.2, 0.25) is 0 Å². The van der Waals surface area contributed by atoms with E-state index in [4.69, 9.17) is 4.42 Å². The molecule has 0 saturated carbocycles. The molecule has 140 valence electrons. The molecule has 1 aliphatic heterocycles. The van der Waals surface area contributed by atoms with Crippen molar-refractivity contribution in [3.05, 3.63) is 76.2 Å². The van der Waals surface area contributed by atoms with E-state index in [9.17, 15) is 4.79 Å². The summed E-state index contributed by atoms with van der Waals surface area (Å²) in [6.45, 7) is 4.14. The van der Waals surface area contributed by atoms with Crippen LogP contribution in [0.1, 0.15) is 46.6 Å². The predicted molar refractivity (Wildman–Crippen MR) is 113 cm³/mol. The number of aryl methyl sites for hydroxylation is 3. The van der Waals surface area contributed by atoms with Gasteiger partial charge in [-0.05, 0) is 56.4 Å². The first kappa shape index (κ1) is 17.1. The van der Waals surface area contributed by atoms with Crippen LogP contribution in [-0.2, 0) is 17.6 Å². The van der Waals surface area contributed by atoms with E-state index >= 15 is 0 Å². The van der Waals surface area contributed by atoms with E-state index in [1.807, 2.05) is 31.2 Å². The van der Waals surface area contributed by atoms with Crippen molar-refractivity contribution in [3.8, 4) is 11.1 Å². The molecule has 3 heteroatoms. The summed E-state index contributed by atoms with van der Waals surface area (Å²) in [7, 11) is 0. The number of hydrogen-bond donors (Lipinski definition) is 1. The maximum atomic E-state index is 12.7. The average Bonchev–Trinajstić information content (AvgIpc) is 3.21. The van der Waals surface area contributed by atoms with Crippen molar-refractivity contribution < 1.29 is 9.21 Å². The second-order valence-corrected chi connectivity index (χ2v) is 7.83. The van der Waals surface area contributed by atoms with E-state index in [0.717, 1.165) is 58.7 Å². The number of amides is 1. The standard InChI is InChI=1S/C25H23NO2/c1-15-10-12-17(13-11-15)24-18-7-3-4-9-21(18)28-22(24)14-19-23-16(2)6-5-8-20(23)26-25(19)27/h5-6,8,10-14H,3-4,7,9H2,1-2H3,(H,26,27). The number of carbonyl (C=O) groups is 1. The molecule has 0 saturated heterocycles. The van der Waals surface area contributed by atoms with Gasteiger partial charge in [-0.2, -0.15) is 0 Å². The zero-order chi connectivity index (χ0) is 19.3. The van der Waals surface area contributed by atoms with Gasteiger partial charge in [-0.3, -0.25) is 4.79 Å². The van der Waals surface area contributed by atoms with Crippen LogP contribution < -0.4 is 5.32 Å². The van der Waals surface area contributed by atoms with Gasteiger partial charge in [0.1, 0.15) is 11.5 Å². The summed E-state index contributed by atoms with van der Waals surface area (Å²) in [4.78, 5) is 12.7. The number of carbonyl (C=O) groups excluding carboxylic acids is 1. The Morgan fingerprint density at radius 3 is 2.57 bits per heavy atom. The molecule has 0 unspecified atom stereocenters. The summed E-state index contributed by atoms with van der Waals surface area (Å²) < 4.78 is 6.33. The number of rotatable bonds is 2. The van der Waals surface area contributed by atoms with Gasteiger partial charge in [0, 0.05) is 28.8 Å². The van der Waals surface area contributed by atoms with Crippen molar-refractivity contribution in [1.82, 2.24) is 0 Å². The third-order valence-electron chi connectivity index (χ3n) is 5.85. The van der Waals surface area contributed by atoms with Gasteiger partial charge >= 0.3 is 0 Å². The molecule has 1 aromatic heterocycles. The average molecular weight is 369 g/mol. The van der Waals surface area contributed by atoms with Gasteiger partial charge in [0.05, 0.1) is 5.57 Å². The zero-order valence-electron chi connectivity index (χ0n) is 16.3. The number of furan rings is 1. The minimum Gasteiger partial charge on any atom is -0.461 e. The van der Waals surface area contributed by atoms with Crippen LogP contribution in [0.5, 0.6) is 0 Å². The highest BCUT2D eigenvalue weighted by Crippen LogP contribution is 2.41. The summed E-state index contributed by atoms with van der Waals surface area (Å²) in [6, 6.07) is 14.6. The van der Waals surface area contributed by atoms with Crippen LogP contribution in [0.4, 0.5) is 5.69 Å². The third kappa shape index (κ3) is 2.70. The summed E-state index contributed by atoms with van der Waals surface area (Å²) in [6.07, 6.45) is 6.30. The molecule has 0 fully saturated rings.